The normalized spacial score (nSPS) is 11.2. The van der Waals surface area contributed by atoms with Gasteiger partial charge in [-0.05, 0) is 42.5 Å². The summed E-state index contributed by atoms with van der Waals surface area (Å²) >= 11 is 2.58. The van der Waals surface area contributed by atoms with Gasteiger partial charge in [-0.15, -0.1) is 11.3 Å². The van der Waals surface area contributed by atoms with Crippen LogP contribution in [0.2, 0.25) is 0 Å². The maximum absolute atomic E-state index is 12.5. The highest BCUT2D eigenvalue weighted by Crippen LogP contribution is 2.20. The van der Waals surface area contributed by atoms with Gasteiger partial charge in [0.05, 0.1) is 11.3 Å². The Kier molecular flexibility index (Phi) is 7.21. The maximum atomic E-state index is 12.5. The topological polar surface area (TPSA) is 73.2 Å². The lowest BCUT2D eigenvalue weighted by atomic mass is 10.1. The molecule has 0 aliphatic rings. The van der Waals surface area contributed by atoms with Crippen LogP contribution in [0.1, 0.15) is 12.5 Å². The van der Waals surface area contributed by atoms with Gasteiger partial charge in [0, 0.05) is 13.1 Å². The molecule has 0 aliphatic carbocycles. The zero-order valence-corrected chi connectivity index (χ0v) is 17.2. The van der Waals surface area contributed by atoms with Crippen molar-refractivity contribution in [2.75, 3.05) is 12.3 Å². The smallest absolute Gasteiger partial charge is 0.387 e. The molecule has 6 nitrogen and oxygen atoms in total. The molecule has 0 saturated carbocycles. The number of benzene rings is 1. The third-order valence-corrected chi connectivity index (χ3v) is 5.93. The number of carbonyl (C=O) groups is 1. The van der Waals surface area contributed by atoms with Crippen molar-refractivity contribution < 1.29 is 18.3 Å². The number of rotatable bonds is 9. The summed E-state index contributed by atoms with van der Waals surface area (Å²) in [6.07, 6.45) is 0.560. The van der Waals surface area contributed by atoms with E-state index >= 15 is 0 Å². The van der Waals surface area contributed by atoms with E-state index < -0.39 is 6.61 Å². The molecule has 10 heteroatoms. The zero-order chi connectivity index (χ0) is 20.8. The highest BCUT2D eigenvalue weighted by Gasteiger charge is 2.13. The number of carbonyl (C=O) groups excluding carboxylic acids is 1. The molecule has 29 heavy (non-hydrogen) atoms. The molecular weight excluding hydrogens is 420 g/mol. The lowest BCUT2D eigenvalue weighted by Gasteiger charge is -2.10. The van der Waals surface area contributed by atoms with Crippen LogP contribution in [0.3, 0.4) is 0 Å². The summed E-state index contributed by atoms with van der Waals surface area (Å²) in [6, 6.07) is 8.09. The van der Waals surface area contributed by atoms with E-state index in [-0.39, 0.29) is 23.0 Å². The van der Waals surface area contributed by atoms with Crippen LogP contribution in [-0.4, -0.2) is 34.4 Å². The Hall–Kier alpha value is -2.46. The maximum Gasteiger partial charge on any atom is 0.387 e. The average Bonchev–Trinajstić information content (AvgIpc) is 3.16. The Morgan fingerprint density at radius 2 is 2.07 bits per heavy atom. The van der Waals surface area contributed by atoms with Crippen molar-refractivity contribution in [1.29, 1.82) is 0 Å². The van der Waals surface area contributed by atoms with Crippen LogP contribution >= 0.6 is 23.1 Å². The van der Waals surface area contributed by atoms with Crippen LogP contribution in [0.25, 0.3) is 10.2 Å². The average molecular weight is 440 g/mol. The Bertz CT molecular complexity index is 1040. The number of hydrogen-bond donors (Lipinski definition) is 1. The standard InChI is InChI=1S/C19H19F2N3O3S2/c1-2-24-17(26)16-14(8-10-28-16)23-19(24)29-11-15(25)22-9-7-12-3-5-13(6-4-12)27-18(20)21/h3-6,8,10,18H,2,7,9,11H2,1H3,(H,22,25). The zero-order valence-electron chi connectivity index (χ0n) is 15.6. The summed E-state index contributed by atoms with van der Waals surface area (Å²) in [5.74, 6) is 0.0692. The molecular formula is C19H19F2N3O3S2. The minimum atomic E-state index is -2.85. The van der Waals surface area contributed by atoms with Crippen LogP contribution in [0.5, 0.6) is 5.75 Å². The minimum absolute atomic E-state index is 0.0883. The quantitative estimate of drug-likeness (QED) is 0.408. The van der Waals surface area contributed by atoms with E-state index in [0.717, 1.165) is 5.56 Å². The van der Waals surface area contributed by atoms with Crippen LogP contribution in [-0.2, 0) is 17.8 Å². The predicted octanol–water partition coefficient (Wildman–Crippen LogP) is 3.53. The number of halogens is 2. The lowest BCUT2D eigenvalue weighted by molar-refractivity contribution is -0.118. The molecule has 0 saturated heterocycles. The molecule has 0 atom stereocenters. The van der Waals surface area contributed by atoms with Crippen LogP contribution in [0.15, 0.2) is 45.7 Å². The fourth-order valence-corrected chi connectivity index (χ4v) is 4.35. The van der Waals surface area contributed by atoms with Crippen LogP contribution in [0.4, 0.5) is 8.78 Å². The first-order valence-corrected chi connectivity index (χ1v) is 10.8. The number of ether oxygens (including phenoxy) is 1. The summed E-state index contributed by atoms with van der Waals surface area (Å²) in [5, 5.41) is 5.16. The van der Waals surface area contributed by atoms with Crippen molar-refractivity contribution >= 4 is 39.2 Å². The summed E-state index contributed by atoms with van der Waals surface area (Å²) in [5.41, 5.74) is 1.45. The highest BCUT2D eigenvalue weighted by atomic mass is 32.2. The number of aromatic nitrogens is 2. The van der Waals surface area contributed by atoms with Crippen molar-refractivity contribution in [3.05, 3.63) is 51.6 Å². The van der Waals surface area contributed by atoms with E-state index in [1.807, 2.05) is 12.3 Å². The second kappa shape index (κ2) is 9.84. The molecule has 1 N–H and O–H groups in total. The van der Waals surface area contributed by atoms with Gasteiger partial charge in [0.2, 0.25) is 5.91 Å². The number of amides is 1. The van der Waals surface area contributed by atoms with Crippen LogP contribution < -0.4 is 15.6 Å². The summed E-state index contributed by atoms with van der Waals surface area (Å²) in [6.45, 7) is -0.0952. The molecule has 2 aromatic heterocycles. The highest BCUT2D eigenvalue weighted by molar-refractivity contribution is 7.99. The molecule has 0 spiro atoms. The van der Waals surface area contributed by atoms with Gasteiger partial charge >= 0.3 is 6.61 Å². The molecule has 0 fully saturated rings. The van der Waals surface area contributed by atoms with Crippen molar-refractivity contribution in [1.82, 2.24) is 14.9 Å². The molecule has 1 amide bonds. The van der Waals surface area contributed by atoms with Gasteiger partial charge in [0.25, 0.3) is 5.56 Å². The van der Waals surface area contributed by atoms with Gasteiger partial charge < -0.3 is 10.1 Å². The van der Waals surface area contributed by atoms with Gasteiger partial charge in [0.1, 0.15) is 10.4 Å². The number of fused-ring (bicyclic) bond motifs is 1. The number of thiophene rings is 1. The third kappa shape index (κ3) is 5.54. The predicted molar refractivity (Wildman–Crippen MR) is 110 cm³/mol. The van der Waals surface area contributed by atoms with Gasteiger partial charge in [-0.25, -0.2) is 4.98 Å². The molecule has 0 radical (unpaired) electrons. The Morgan fingerprint density at radius 1 is 1.31 bits per heavy atom. The minimum Gasteiger partial charge on any atom is -0.435 e. The monoisotopic (exact) mass is 439 g/mol. The number of alkyl halides is 2. The van der Waals surface area contributed by atoms with Crippen LogP contribution in [0, 0.1) is 0 Å². The first kappa shape index (κ1) is 21.3. The molecule has 0 aliphatic heterocycles. The summed E-state index contributed by atoms with van der Waals surface area (Å²) < 4.78 is 30.8. The second-order valence-corrected chi connectivity index (χ2v) is 7.85. The third-order valence-electron chi connectivity index (χ3n) is 4.06. The van der Waals surface area contributed by atoms with Gasteiger partial charge in [-0.1, -0.05) is 23.9 Å². The van der Waals surface area contributed by atoms with E-state index in [1.54, 1.807) is 22.8 Å². The molecule has 0 unspecified atom stereocenters. The molecule has 1 aromatic carbocycles. The number of hydrogen-bond acceptors (Lipinski definition) is 6. The molecule has 0 bridgehead atoms. The molecule has 2 heterocycles. The summed E-state index contributed by atoms with van der Waals surface area (Å²) in [4.78, 5) is 29.1. The van der Waals surface area contributed by atoms with Crippen molar-refractivity contribution in [3.63, 3.8) is 0 Å². The van der Waals surface area contributed by atoms with Crippen molar-refractivity contribution in [3.8, 4) is 5.75 Å². The van der Waals surface area contributed by atoms with E-state index in [0.29, 0.717) is 34.9 Å². The Labute approximate surface area is 173 Å². The fourth-order valence-electron chi connectivity index (χ4n) is 2.68. The van der Waals surface area contributed by atoms with E-state index in [2.05, 4.69) is 15.0 Å². The second-order valence-electron chi connectivity index (χ2n) is 5.99. The fraction of sp³-hybridized carbons (Fsp3) is 0.316. The number of thioether (sulfide) groups is 1. The SMILES string of the molecule is CCn1c(SCC(=O)NCCc2ccc(OC(F)F)cc2)nc2ccsc2c1=O. The first-order valence-electron chi connectivity index (χ1n) is 8.89. The largest absolute Gasteiger partial charge is 0.435 e. The molecule has 3 aromatic rings. The number of nitrogens with zero attached hydrogens (tertiary/aromatic N) is 2. The van der Waals surface area contributed by atoms with Crippen molar-refractivity contribution in [2.45, 2.75) is 31.7 Å². The van der Waals surface area contributed by atoms with E-state index in [4.69, 9.17) is 0 Å². The Balaban J connectivity index is 1.50. The first-order chi connectivity index (χ1) is 14.0. The molecule has 154 valence electrons. The molecule has 3 rings (SSSR count). The Morgan fingerprint density at radius 3 is 2.76 bits per heavy atom. The number of nitrogens with one attached hydrogen (secondary N) is 1. The van der Waals surface area contributed by atoms with E-state index in [9.17, 15) is 18.4 Å². The summed E-state index contributed by atoms with van der Waals surface area (Å²) in [7, 11) is 0. The van der Waals surface area contributed by atoms with Crippen molar-refractivity contribution in [2.24, 2.45) is 0 Å². The van der Waals surface area contributed by atoms with Gasteiger partial charge in [-0.3, -0.25) is 14.2 Å². The van der Waals surface area contributed by atoms with Gasteiger partial charge in [0.15, 0.2) is 5.16 Å². The van der Waals surface area contributed by atoms with Gasteiger partial charge in [-0.2, -0.15) is 8.78 Å². The lowest BCUT2D eigenvalue weighted by Crippen LogP contribution is -2.28. The van der Waals surface area contributed by atoms with E-state index in [1.165, 1.54) is 35.2 Å².